The molecule has 0 fully saturated rings. The number of para-hydroxylation sites is 1. The standard InChI is InChI=1S/C12H10ClNO2/c13-7-3-4-8-14-10-6-2-1-5-9(10)11(15)12(14)16/h1-6H,7-8H2. The smallest absolute Gasteiger partial charge is 0.299 e. The molecule has 3 nitrogen and oxygen atoms in total. The lowest BCUT2D eigenvalue weighted by Gasteiger charge is -2.13. The molecular formula is C12H10ClNO2. The molecule has 1 aromatic rings. The monoisotopic (exact) mass is 235 g/mol. The summed E-state index contributed by atoms with van der Waals surface area (Å²) in [6, 6.07) is 7.00. The number of anilines is 1. The maximum absolute atomic E-state index is 11.7. The fourth-order valence-corrected chi connectivity index (χ4v) is 1.80. The van der Waals surface area contributed by atoms with Crippen LogP contribution in [0.3, 0.4) is 0 Å². The Morgan fingerprint density at radius 3 is 2.69 bits per heavy atom. The third-order valence-electron chi connectivity index (χ3n) is 2.42. The van der Waals surface area contributed by atoms with Gasteiger partial charge in [0.15, 0.2) is 0 Å². The van der Waals surface area contributed by atoms with Crippen molar-refractivity contribution in [2.45, 2.75) is 0 Å². The average molecular weight is 236 g/mol. The Bertz CT molecular complexity index is 468. The molecule has 0 radical (unpaired) electrons. The molecule has 0 spiro atoms. The van der Waals surface area contributed by atoms with E-state index in [0.29, 0.717) is 23.7 Å². The molecular weight excluding hydrogens is 226 g/mol. The Morgan fingerprint density at radius 2 is 1.94 bits per heavy atom. The van der Waals surface area contributed by atoms with Crippen LogP contribution in [0.4, 0.5) is 5.69 Å². The van der Waals surface area contributed by atoms with Crippen molar-refractivity contribution in [3.05, 3.63) is 42.0 Å². The van der Waals surface area contributed by atoms with Crippen LogP contribution in [0, 0.1) is 0 Å². The minimum Gasteiger partial charge on any atom is -0.301 e. The first-order valence-corrected chi connectivity index (χ1v) is 5.45. The third kappa shape index (κ3) is 1.74. The van der Waals surface area contributed by atoms with Crippen molar-refractivity contribution < 1.29 is 9.59 Å². The molecule has 1 aliphatic heterocycles. The number of allylic oxidation sites excluding steroid dienone is 1. The second-order valence-electron chi connectivity index (χ2n) is 3.39. The molecule has 0 aliphatic carbocycles. The van der Waals surface area contributed by atoms with E-state index in [9.17, 15) is 9.59 Å². The molecule has 0 N–H and O–H groups in total. The molecule has 0 saturated carbocycles. The van der Waals surface area contributed by atoms with Crippen molar-refractivity contribution in [2.75, 3.05) is 17.3 Å². The predicted molar refractivity (Wildman–Crippen MR) is 63.0 cm³/mol. The summed E-state index contributed by atoms with van der Waals surface area (Å²) in [6.45, 7) is 0.383. The molecule has 0 bridgehead atoms. The van der Waals surface area contributed by atoms with Gasteiger partial charge in [0, 0.05) is 12.4 Å². The normalized spacial score (nSPS) is 14.9. The zero-order chi connectivity index (χ0) is 11.5. The minimum absolute atomic E-state index is 0.383. The molecule has 0 saturated heterocycles. The lowest BCUT2D eigenvalue weighted by Crippen LogP contribution is -2.29. The van der Waals surface area contributed by atoms with Gasteiger partial charge in [0.1, 0.15) is 0 Å². The first-order valence-electron chi connectivity index (χ1n) is 4.92. The van der Waals surface area contributed by atoms with Gasteiger partial charge in [0.05, 0.1) is 11.3 Å². The summed E-state index contributed by atoms with van der Waals surface area (Å²) < 4.78 is 0. The van der Waals surface area contributed by atoms with Gasteiger partial charge in [-0.1, -0.05) is 24.3 Å². The minimum atomic E-state index is -0.472. The first kappa shape index (κ1) is 10.9. The Labute approximate surface area is 98.3 Å². The zero-order valence-corrected chi connectivity index (χ0v) is 9.28. The van der Waals surface area contributed by atoms with Crippen molar-refractivity contribution in [3.63, 3.8) is 0 Å². The van der Waals surface area contributed by atoms with Gasteiger partial charge >= 0.3 is 0 Å². The number of rotatable bonds is 3. The highest BCUT2D eigenvalue weighted by molar-refractivity contribution is 6.52. The van der Waals surface area contributed by atoms with Crippen molar-refractivity contribution >= 4 is 29.0 Å². The molecule has 1 heterocycles. The number of alkyl halides is 1. The highest BCUT2D eigenvalue weighted by Gasteiger charge is 2.34. The van der Waals surface area contributed by atoms with Crippen LogP contribution in [0.25, 0.3) is 0 Å². The van der Waals surface area contributed by atoms with Gasteiger partial charge in [-0.3, -0.25) is 9.59 Å². The SMILES string of the molecule is O=C1C(=O)N(CC=CCCl)c2ccccc21. The van der Waals surface area contributed by atoms with Gasteiger partial charge in [-0.25, -0.2) is 0 Å². The van der Waals surface area contributed by atoms with E-state index in [2.05, 4.69) is 0 Å². The second kappa shape index (κ2) is 4.49. The van der Waals surface area contributed by atoms with Gasteiger partial charge < -0.3 is 4.90 Å². The van der Waals surface area contributed by atoms with E-state index in [0.717, 1.165) is 0 Å². The summed E-state index contributed by atoms with van der Waals surface area (Å²) >= 11 is 5.50. The van der Waals surface area contributed by atoms with Crippen LogP contribution in [0.2, 0.25) is 0 Å². The Kier molecular flexibility index (Phi) is 3.06. The summed E-state index contributed by atoms with van der Waals surface area (Å²) in [7, 11) is 0. The number of benzene rings is 1. The van der Waals surface area contributed by atoms with Crippen LogP contribution in [-0.2, 0) is 4.79 Å². The summed E-state index contributed by atoms with van der Waals surface area (Å²) in [4.78, 5) is 24.7. The molecule has 1 aromatic carbocycles. The second-order valence-corrected chi connectivity index (χ2v) is 3.70. The van der Waals surface area contributed by atoms with Crippen molar-refractivity contribution in [1.29, 1.82) is 0 Å². The molecule has 1 aliphatic rings. The molecule has 1 amide bonds. The molecule has 0 atom stereocenters. The number of hydrogen-bond donors (Lipinski definition) is 0. The highest BCUT2D eigenvalue weighted by atomic mass is 35.5. The number of amides is 1. The van der Waals surface area contributed by atoms with E-state index >= 15 is 0 Å². The van der Waals surface area contributed by atoms with Gasteiger partial charge in [-0.2, -0.15) is 0 Å². The molecule has 4 heteroatoms. The van der Waals surface area contributed by atoms with E-state index in [1.165, 1.54) is 4.90 Å². The topological polar surface area (TPSA) is 37.4 Å². The van der Waals surface area contributed by atoms with Crippen molar-refractivity contribution in [3.8, 4) is 0 Å². The predicted octanol–water partition coefficient (Wildman–Crippen LogP) is 2.01. The molecule has 0 unspecified atom stereocenters. The summed E-state index contributed by atoms with van der Waals surface area (Å²) in [6.07, 6.45) is 3.53. The highest BCUT2D eigenvalue weighted by Crippen LogP contribution is 2.27. The van der Waals surface area contributed by atoms with Crippen LogP contribution in [-0.4, -0.2) is 24.1 Å². The lowest BCUT2D eigenvalue weighted by molar-refractivity contribution is -0.114. The fourth-order valence-electron chi connectivity index (χ4n) is 1.67. The van der Waals surface area contributed by atoms with Gasteiger partial charge in [0.25, 0.3) is 11.7 Å². The lowest BCUT2D eigenvalue weighted by atomic mass is 10.1. The summed E-state index contributed by atoms with van der Waals surface area (Å²) in [5.41, 5.74) is 1.16. The maximum atomic E-state index is 11.7. The Morgan fingerprint density at radius 1 is 1.19 bits per heavy atom. The molecule has 16 heavy (non-hydrogen) atoms. The third-order valence-corrected chi connectivity index (χ3v) is 2.60. The van der Waals surface area contributed by atoms with Gasteiger partial charge in [0.2, 0.25) is 0 Å². The van der Waals surface area contributed by atoms with Crippen LogP contribution in [0.1, 0.15) is 10.4 Å². The van der Waals surface area contributed by atoms with Gasteiger partial charge in [-0.15, -0.1) is 11.6 Å². The molecule has 0 aromatic heterocycles. The van der Waals surface area contributed by atoms with E-state index in [-0.39, 0.29) is 0 Å². The number of Topliss-reactive ketones (excluding diaryl/α,β-unsaturated/α-hetero) is 1. The number of fused-ring (bicyclic) bond motifs is 1. The van der Waals surface area contributed by atoms with E-state index in [4.69, 9.17) is 11.6 Å². The largest absolute Gasteiger partial charge is 0.301 e. The van der Waals surface area contributed by atoms with Crippen LogP contribution in [0.5, 0.6) is 0 Å². The summed E-state index contributed by atoms with van der Waals surface area (Å²) in [5, 5.41) is 0. The Hall–Kier alpha value is -1.61. The number of carbonyl (C=O) groups is 2. The molecule has 82 valence electrons. The average Bonchev–Trinajstić information content (AvgIpc) is 2.55. The van der Waals surface area contributed by atoms with Crippen LogP contribution < -0.4 is 4.90 Å². The van der Waals surface area contributed by atoms with Crippen molar-refractivity contribution in [1.82, 2.24) is 0 Å². The number of nitrogens with zero attached hydrogens (tertiary/aromatic N) is 1. The van der Waals surface area contributed by atoms with Crippen LogP contribution in [0.15, 0.2) is 36.4 Å². The maximum Gasteiger partial charge on any atom is 0.299 e. The van der Waals surface area contributed by atoms with Gasteiger partial charge in [-0.05, 0) is 12.1 Å². The first-order chi connectivity index (χ1) is 7.75. The Balaban J connectivity index is 2.30. The van der Waals surface area contributed by atoms with E-state index in [1.54, 1.807) is 30.4 Å². The fraction of sp³-hybridized carbons (Fsp3) is 0.167. The number of halogens is 1. The number of carbonyl (C=O) groups excluding carboxylic acids is 2. The molecule has 2 rings (SSSR count). The summed E-state index contributed by atoms with van der Waals surface area (Å²) in [5.74, 6) is -0.507. The quantitative estimate of drug-likeness (QED) is 0.457. The van der Waals surface area contributed by atoms with E-state index in [1.807, 2.05) is 6.07 Å². The van der Waals surface area contributed by atoms with Crippen LogP contribution >= 0.6 is 11.6 Å². The van der Waals surface area contributed by atoms with E-state index < -0.39 is 11.7 Å². The zero-order valence-electron chi connectivity index (χ0n) is 8.52. The number of hydrogen-bond acceptors (Lipinski definition) is 2. The number of ketones is 1. The van der Waals surface area contributed by atoms with Crippen molar-refractivity contribution in [2.24, 2.45) is 0 Å².